The number of ether oxygens (including phenoxy) is 3. The van der Waals surface area contributed by atoms with Gasteiger partial charge in [-0.15, -0.1) is 0 Å². The van der Waals surface area contributed by atoms with E-state index in [-0.39, 0.29) is 18.0 Å². The van der Waals surface area contributed by atoms with Gasteiger partial charge in [0.2, 0.25) is 0 Å². The number of allylic oxidation sites excluding steroid dienone is 2. The van der Waals surface area contributed by atoms with Gasteiger partial charge in [-0.2, -0.15) is 0 Å². The Morgan fingerprint density at radius 1 is 0.638 bits per heavy atom. The number of rotatable bonds is 18. The predicted octanol–water partition coefficient (Wildman–Crippen LogP) is 8.61. The van der Waals surface area contributed by atoms with Crippen LogP contribution in [0.1, 0.15) is 77.3 Å². The van der Waals surface area contributed by atoms with Crippen LogP contribution < -0.4 is 14.2 Å². The van der Waals surface area contributed by atoms with Crippen molar-refractivity contribution >= 4 is 34.3 Å². The fourth-order valence-corrected chi connectivity index (χ4v) is 5.02. The molecule has 47 heavy (non-hydrogen) atoms. The zero-order valence-electron chi connectivity index (χ0n) is 26.8. The number of benzene rings is 4. The molecule has 0 radical (unpaired) electrons. The van der Waals surface area contributed by atoms with Crippen LogP contribution in [0.25, 0.3) is 10.8 Å². The van der Waals surface area contributed by atoms with E-state index in [1.165, 1.54) is 12.2 Å². The Labute approximate surface area is 275 Å². The van der Waals surface area contributed by atoms with E-state index in [1.807, 2.05) is 31.2 Å². The molecule has 4 aromatic rings. The van der Waals surface area contributed by atoms with E-state index >= 15 is 0 Å². The SMILES string of the molecule is C=CC(=O)CCCCCCCOc1ccc2cc(C(=O)Oc3ccc(OC(=O)c4ccc(CC(=O)C=C)cc4)cc3CC)ccc2c1. The predicted molar refractivity (Wildman–Crippen MR) is 183 cm³/mol. The fourth-order valence-electron chi connectivity index (χ4n) is 5.02. The van der Waals surface area contributed by atoms with Gasteiger partial charge in [-0.25, -0.2) is 9.59 Å². The molecule has 0 N–H and O–H groups in total. The first kappa shape index (κ1) is 34.6. The highest BCUT2D eigenvalue weighted by Gasteiger charge is 2.15. The summed E-state index contributed by atoms with van der Waals surface area (Å²) in [6.45, 7) is 9.51. The number of hydrogen-bond donors (Lipinski definition) is 0. The molecule has 242 valence electrons. The van der Waals surface area contributed by atoms with Crippen LogP contribution in [0.2, 0.25) is 0 Å². The molecule has 0 aliphatic rings. The third kappa shape index (κ3) is 10.4. The van der Waals surface area contributed by atoms with Crippen LogP contribution in [0, 0.1) is 0 Å². The highest BCUT2D eigenvalue weighted by atomic mass is 16.5. The van der Waals surface area contributed by atoms with E-state index in [2.05, 4.69) is 13.2 Å². The molecule has 0 fully saturated rings. The molecule has 0 saturated carbocycles. The third-order valence-corrected chi connectivity index (χ3v) is 7.73. The van der Waals surface area contributed by atoms with Crippen LogP contribution in [-0.4, -0.2) is 30.1 Å². The molecule has 0 heterocycles. The van der Waals surface area contributed by atoms with Crippen LogP contribution >= 0.6 is 0 Å². The van der Waals surface area contributed by atoms with Gasteiger partial charge in [-0.1, -0.05) is 63.6 Å². The lowest BCUT2D eigenvalue weighted by molar-refractivity contribution is -0.115. The third-order valence-electron chi connectivity index (χ3n) is 7.73. The molecule has 0 unspecified atom stereocenters. The van der Waals surface area contributed by atoms with Crippen molar-refractivity contribution in [2.75, 3.05) is 6.61 Å². The van der Waals surface area contributed by atoms with E-state index in [4.69, 9.17) is 14.2 Å². The molecule has 7 heteroatoms. The Hall–Kier alpha value is -5.30. The lowest BCUT2D eigenvalue weighted by Crippen LogP contribution is -2.11. The number of carbonyl (C=O) groups is 4. The lowest BCUT2D eigenvalue weighted by Gasteiger charge is -2.12. The minimum Gasteiger partial charge on any atom is -0.494 e. The maximum Gasteiger partial charge on any atom is 0.343 e. The number of unbranched alkanes of at least 4 members (excludes halogenated alkanes) is 4. The average molecular weight is 633 g/mol. The van der Waals surface area contributed by atoms with Crippen LogP contribution in [0.15, 0.2) is 104 Å². The Kier molecular flexibility index (Phi) is 12.8. The first-order chi connectivity index (χ1) is 22.8. The fraction of sp³-hybridized carbons (Fsp3) is 0.250. The maximum atomic E-state index is 13.1. The van der Waals surface area contributed by atoms with Gasteiger partial charge in [0.1, 0.15) is 17.2 Å². The molecule has 0 aliphatic heterocycles. The van der Waals surface area contributed by atoms with Gasteiger partial charge in [-0.05, 0) is 108 Å². The van der Waals surface area contributed by atoms with Crippen molar-refractivity contribution in [3.63, 3.8) is 0 Å². The second-order valence-corrected chi connectivity index (χ2v) is 11.2. The minimum absolute atomic E-state index is 0.0982. The Morgan fingerprint density at radius 3 is 2.02 bits per heavy atom. The first-order valence-corrected chi connectivity index (χ1v) is 15.9. The number of carbonyl (C=O) groups excluding carboxylic acids is 4. The summed E-state index contributed by atoms with van der Waals surface area (Å²) in [6.07, 6.45) is 8.98. The second-order valence-electron chi connectivity index (χ2n) is 11.2. The summed E-state index contributed by atoms with van der Waals surface area (Å²) >= 11 is 0. The topological polar surface area (TPSA) is 96.0 Å². The van der Waals surface area contributed by atoms with Crippen molar-refractivity contribution in [2.45, 2.75) is 58.3 Å². The first-order valence-electron chi connectivity index (χ1n) is 15.9. The summed E-state index contributed by atoms with van der Waals surface area (Å²) in [5, 5.41) is 1.84. The van der Waals surface area contributed by atoms with Gasteiger partial charge in [0.25, 0.3) is 0 Å². The van der Waals surface area contributed by atoms with Gasteiger partial charge in [0.05, 0.1) is 17.7 Å². The van der Waals surface area contributed by atoms with E-state index in [9.17, 15) is 19.2 Å². The smallest absolute Gasteiger partial charge is 0.343 e. The lowest BCUT2D eigenvalue weighted by atomic mass is 10.1. The molecule has 0 saturated heterocycles. The monoisotopic (exact) mass is 632 g/mol. The standard InChI is InChI=1S/C40H40O7/c1-4-29-26-37(46-39(43)30-15-13-28(14-16-30)24-35(42)6-3)21-22-38(29)47-40(44)33-18-17-32-27-36(20-19-31(32)25-33)45-23-11-9-7-8-10-12-34(41)5-2/h5-6,13-22,25-27H,2-4,7-12,23-24H2,1H3. The molecule has 0 bridgehead atoms. The van der Waals surface area contributed by atoms with Crippen molar-refractivity contribution < 1.29 is 33.4 Å². The highest BCUT2D eigenvalue weighted by molar-refractivity contribution is 5.97. The largest absolute Gasteiger partial charge is 0.494 e. The number of fused-ring (bicyclic) bond motifs is 1. The van der Waals surface area contributed by atoms with E-state index in [0.717, 1.165) is 54.2 Å². The van der Waals surface area contributed by atoms with Gasteiger partial charge >= 0.3 is 11.9 Å². The summed E-state index contributed by atoms with van der Waals surface area (Å²) in [5.41, 5.74) is 2.26. The van der Waals surface area contributed by atoms with Crippen LogP contribution in [-0.2, 0) is 22.4 Å². The number of ketones is 2. The van der Waals surface area contributed by atoms with E-state index < -0.39 is 11.9 Å². The van der Waals surface area contributed by atoms with Gasteiger partial charge in [0.15, 0.2) is 11.6 Å². The van der Waals surface area contributed by atoms with Gasteiger partial charge in [-0.3, -0.25) is 9.59 Å². The summed E-state index contributed by atoms with van der Waals surface area (Å²) in [6, 6.07) is 22.7. The normalized spacial score (nSPS) is 10.7. The molecule has 0 aromatic heterocycles. The molecule has 0 atom stereocenters. The minimum atomic E-state index is -0.534. The van der Waals surface area contributed by atoms with Crippen LogP contribution in [0.4, 0.5) is 0 Å². The van der Waals surface area contributed by atoms with E-state index in [1.54, 1.807) is 54.6 Å². The Balaban J connectivity index is 1.30. The zero-order valence-corrected chi connectivity index (χ0v) is 26.8. The summed E-state index contributed by atoms with van der Waals surface area (Å²) in [4.78, 5) is 48.6. The summed E-state index contributed by atoms with van der Waals surface area (Å²) < 4.78 is 17.2. The maximum absolute atomic E-state index is 13.1. The molecular weight excluding hydrogens is 592 g/mol. The van der Waals surface area contributed by atoms with Crippen LogP contribution in [0.3, 0.4) is 0 Å². The van der Waals surface area contributed by atoms with Gasteiger partial charge in [0, 0.05) is 12.8 Å². The van der Waals surface area contributed by atoms with Crippen molar-refractivity contribution in [1.29, 1.82) is 0 Å². The second kappa shape index (κ2) is 17.4. The van der Waals surface area contributed by atoms with Crippen molar-refractivity contribution in [2.24, 2.45) is 0 Å². The highest BCUT2D eigenvalue weighted by Crippen LogP contribution is 2.28. The molecule has 0 aliphatic carbocycles. The zero-order chi connectivity index (χ0) is 33.6. The molecule has 0 spiro atoms. The van der Waals surface area contributed by atoms with Gasteiger partial charge < -0.3 is 14.2 Å². The summed E-state index contributed by atoms with van der Waals surface area (Å²) in [5.74, 6) is 0.477. The molecule has 0 amide bonds. The van der Waals surface area contributed by atoms with E-state index in [0.29, 0.717) is 47.6 Å². The molecule has 4 rings (SSSR count). The molecule has 7 nitrogen and oxygen atoms in total. The molecular formula is C40H40O7. The van der Waals surface area contributed by atoms with Crippen molar-refractivity contribution in [1.82, 2.24) is 0 Å². The van der Waals surface area contributed by atoms with Crippen molar-refractivity contribution in [3.8, 4) is 17.2 Å². The Bertz CT molecular complexity index is 1750. The number of esters is 2. The number of aryl methyl sites for hydroxylation is 1. The summed E-state index contributed by atoms with van der Waals surface area (Å²) in [7, 11) is 0. The average Bonchev–Trinajstić information content (AvgIpc) is 3.09. The molecule has 4 aromatic carbocycles. The van der Waals surface area contributed by atoms with Crippen LogP contribution in [0.5, 0.6) is 17.2 Å². The number of hydrogen-bond acceptors (Lipinski definition) is 7. The quantitative estimate of drug-likeness (QED) is 0.0469. The Morgan fingerprint density at radius 2 is 1.28 bits per heavy atom. The van der Waals surface area contributed by atoms with Crippen molar-refractivity contribution in [3.05, 3.63) is 126 Å².